The average Bonchev–Trinajstić information content (AvgIpc) is 2.57. The van der Waals surface area contributed by atoms with Gasteiger partial charge in [-0.2, -0.15) is 0 Å². The Kier molecular flexibility index (Phi) is 4.76. The van der Waals surface area contributed by atoms with Crippen LogP contribution in [0.2, 0.25) is 0 Å². The molecule has 1 N–H and O–H groups in total. The predicted octanol–water partition coefficient (Wildman–Crippen LogP) is 3.90. The fourth-order valence-electron chi connectivity index (χ4n) is 2.82. The van der Waals surface area contributed by atoms with Gasteiger partial charge in [0, 0.05) is 24.1 Å². The lowest BCUT2D eigenvalue weighted by Gasteiger charge is -2.16. The molecule has 24 heavy (non-hydrogen) atoms. The van der Waals surface area contributed by atoms with Crippen molar-refractivity contribution < 1.29 is 14.6 Å². The molecule has 2 aromatic carbocycles. The van der Waals surface area contributed by atoms with Crippen LogP contribution in [0.15, 0.2) is 47.5 Å². The highest BCUT2D eigenvalue weighted by atomic mass is 16.5. The summed E-state index contributed by atoms with van der Waals surface area (Å²) in [6.07, 6.45) is 4.20. The van der Waals surface area contributed by atoms with Gasteiger partial charge in [0.15, 0.2) is 5.78 Å². The van der Waals surface area contributed by atoms with Gasteiger partial charge in [0.05, 0.1) is 17.4 Å². The minimum absolute atomic E-state index is 0.104. The van der Waals surface area contributed by atoms with Crippen molar-refractivity contribution in [3.05, 3.63) is 53.6 Å². The first-order valence-electron chi connectivity index (χ1n) is 8.21. The lowest BCUT2D eigenvalue weighted by molar-refractivity contribution is 0.0783. The van der Waals surface area contributed by atoms with E-state index in [2.05, 4.69) is 4.99 Å². The van der Waals surface area contributed by atoms with Crippen molar-refractivity contribution in [3.8, 4) is 5.75 Å². The van der Waals surface area contributed by atoms with E-state index in [4.69, 9.17) is 4.74 Å². The van der Waals surface area contributed by atoms with Crippen molar-refractivity contribution >= 4 is 22.3 Å². The molecule has 2 aromatic rings. The van der Waals surface area contributed by atoms with Crippen molar-refractivity contribution in [1.82, 2.24) is 0 Å². The molecule has 0 fully saturated rings. The Labute approximate surface area is 141 Å². The van der Waals surface area contributed by atoms with Gasteiger partial charge in [0.25, 0.3) is 0 Å². The standard InChI is InChI=1S/C20H21NO3/c1-13(2)24-11-5-10-21-17-8-9-18(22)16-12-14-6-3-4-7-15(14)20(23)19(16)17/h3-4,6-9,12-13,23H,5,10-11H2,1-2H3. The number of carbonyl (C=O) groups is 1. The van der Waals surface area contributed by atoms with E-state index >= 15 is 0 Å². The zero-order valence-electron chi connectivity index (χ0n) is 14.0. The number of allylic oxidation sites excluding steroid dienone is 2. The Morgan fingerprint density at radius 2 is 2.00 bits per heavy atom. The molecule has 1 aliphatic carbocycles. The maximum Gasteiger partial charge on any atom is 0.186 e. The number of hydrogen-bond donors (Lipinski definition) is 1. The first-order valence-corrected chi connectivity index (χ1v) is 8.21. The first-order chi connectivity index (χ1) is 11.6. The van der Waals surface area contributed by atoms with E-state index in [0.29, 0.717) is 30.0 Å². The summed E-state index contributed by atoms with van der Waals surface area (Å²) in [5, 5.41) is 12.2. The van der Waals surface area contributed by atoms with Crippen molar-refractivity contribution in [2.75, 3.05) is 13.2 Å². The number of phenols is 1. The minimum atomic E-state index is -0.104. The molecule has 0 heterocycles. The predicted molar refractivity (Wildman–Crippen MR) is 96.2 cm³/mol. The quantitative estimate of drug-likeness (QED) is 0.849. The van der Waals surface area contributed by atoms with E-state index < -0.39 is 0 Å². The second-order valence-corrected chi connectivity index (χ2v) is 6.11. The Morgan fingerprint density at radius 3 is 2.79 bits per heavy atom. The summed E-state index contributed by atoms with van der Waals surface area (Å²) in [6.45, 7) is 5.24. The normalized spacial score (nSPS) is 15.5. The van der Waals surface area contributed by atoms with Crippen molar-refractivity contribution in [2.45, 2.75) is 26.4 Å². The molecular formula is C20H21NO3. The fraction of sp³-hybridized carbons (Fsp3) is 0.300. The number of fused-ring (bicyclic) bond motifs is 2. The van der Waals surface area contributed by atoms with Gasteiger partial charge in [-0.05, 0) is 43.9 Å². The van der Waals surface area contributed by atoms with Crippen LogP contribution in [0.1, 0.15) is 36.2 Å². The Balaban J connectivity index is 1.93. The number of carbonyl (C=O) groups excluding carboxylic acids is 1. The molecule has 124 valence electrons. The summed E-state index contributed by atoms with van der Waals surface area (Å²) in [6, 6.07) is 9.33. The summed E-state index contributed by atoms with van der Waals surface area (Å²) in [7, 11) is 0. The zero-order chi connectivity index (χ0) is 17.1. The number of hydrogen-bond acceptors (Lipinski definition) is 4. The number of nitrogens with zero attached hydrogens (tertiary/aromatic N) is 1. The third-order valence-electron chi connectivity index (χ3n) is 3.97. The van der Waals surface area contributed by atoms with Crippen LogP contribution in [0, 0.1) is 0 Å². The molecule has 0 atom stereocenters. The Bertz CT molecular complexity index is 834. The highest BCUT2D eigenvalue weighted by molar-refractivity contribution is 6.27. The van der Waals surface area contributed by atoms with Gasteiger partial charge in [0.1, 0.15) is 5.75 Å². The molecule has 1 aliphatic rings. The van der Waals surface area contributed by atoms with Gasteiger partial charge in [-0.3, -0.25) is 9.79 Å². The lowest BCUT2D eigenvalue weighted by atomic mass is 9.90. The number of rotatable bonds is 5. The molecule has 0 bridgehead atoms. The monoisotopic (exact) mass is 323 g/mol. The van der Waals surface area contributed by atoms with Crippen molar-refractivity contribution in [1.29, 1.82) is 0 Å². The van der Waals surface area contributed by atoms with E-state index in [0.717, 1.165) is 17.2 Å². The molecule has 4 nitrogen and oxygen atoms in total. The highest BCUT2D eigenvalue weighted by Crippen LogP contribution is 2.34. The molecule has 0 radical (unpaired) electrons. The van der Waals surface area contributed by atoms with Gasteiger partial charge in [-0.25, -0.2) is 0 Å². The first kappa shape index (κ1) is 16.4. The zero-order valence-corrected chi connectivity index (χ0v) is 14.0. The van der Waals surface area contributed by atoms with E-state index in [1.165, 1.54) is 6.08 Å². The van der Waals surface area contributed by atoms with Crippen LogP contribution in [0.25, 0.3) is 10.8 Å². The molecule has 0 saturated heterocycles. The molecule has 0 aliphatic heterocycles. The summed E-state index contributed by atoms with van der Waals surface area (Å²) in [5.74, 6) is 0.0196. The van der Waals surface area contributed by atoms with Crippen LogP contribution < -0.4 is 0 Å². The Hall–Kier alpha value is -2.46. The second kappa shape index (κ2) is 6.97. The highest BCUT2D eigenvalue weighted by Gasteiger charge is 2.23. The van der Waals surface area contributed by atoms with Crippen LogP contribution in [0.5, 0.6) is 5.75 Å². The largest absolute Gasteiger partial charge is 0.507 e. The molecule has 0 spiro atoms. The van der Waals surface area contributed by atoms with Crippen LogP contribution >= 0.6 is 0 Å². The summed E-state index contributed by atoms with van der Waals surface area (Å²) in [4.78, 5) is 16.8. The molecule has 0 saturated carbocycles. The van der Waals surface area contributed by atoms with Crippen LogP contribution in [-0.2, 0) is 4.74 Å². The van der Waals surface area contributed by atoms with Crippen molar-refractivity contribution in [3.63, 3.8) is 0 Å². The molecular weight excluding hydrogens is 302 g/mol. The Morgan fingerprint density at radius 1 is 1.21 bits per heavy atom. The lowest BCUT2D eigenvalue weighted by Crippen LogP contribution is -2.14. The number of ketones is 1. The van der Waals surface area contributed by atoms with E-state index in [-0.39, 0.29) is 17.6 Å². The summed E-state index contributed by atoms with van der Waals surface area (Å²) >= 11 is 0. The average molecular weight is 323 g/mol. The number of benzene rings is 2. The SMILES string of the molecule is CC(C)OCCCN=C1C=CC(=O)c2cc3ccccc3c(O)c21. The minimum Gasteiger partial charge on any atom is -0.507 e. The number of phenolic OH excluding ortho intramolecular Hbond substituents is 1. The molecule has 0 amide bonds. The fourth-order valence-corrected chi connectivity index (χ4v) is 2.82. The molecule has 3 rings (SSSR count). The number of ether oxygens (including phenoxy) is 1. The topological polar surface area (TPSA) is 58.9 Å². The van der Waals surface area contributed by atoms with Gasteiger partial charge < -0.3 is 9.84 Å². The summed E-state index contributed by atoms with van der Waals surface area (Å²) in [5.41, 5.74) is 1.69. The third kappa shape index (κ3) is 3.24. The van der Waals surface area contributed by atoms with E-state index in [1.807, 2.05) is 44.2 Å². The maximum absolute atomic E-state index is 12.2. The number of aliphatic imine (C=N–C) groups is 1. The van der Waals surface area contributed by atoms with Gasteiger partial charge in [-0.15, -0.1) is 0 Å². The summed E-state index contributed by atoms with van der Waals surface area (Å²) < 4.78 is 5.51. The van der Waals surface area contributed by atoms with Crippen molar-refractivity contribution in [2.24, 2.45) is 4.99 Å². The maximum atomic E-state index is 12.2. The van der Waals surface area contributed by atoms with Crippen LogP contribution in [0.3, 0.4) is 0 Å². The number of aromatic hydroxyl groups is 1. The smallest absolute Gasteiger partial charge is 0.186 e. The van der Waals surface area contributed by atoms with Gasteiger partial charge >= 0.3 is 0 Å². The van der Waals surface area contributed by atoms with Crippen LogP contribution in [-0.4, -0.2) is 35.9 Å². The molecule has 0 unspecified atom stereocenters. The molecule has 0 aromatic heterocycles. The van der Waals surface area contributed by atoms with Crippen LogP contribution in [0.4, 0.5) is 0 Å². The van der Waals surface area contributed by atoms with E-state index in [1.54, 1.807) is 6.08 Å². The molecule has 4 heteroatoms. The van der Waals surface area contributed by atoms with Gasteiger partial charge in [0.2, 0.25) is 0 Å². The van der Waals surface area contributed by atoms with Gasteiger partial charge in [-0.1, -0.05) is 24.3 Å². The second-order valence-electron chi connectivity index (χ2n) is 6.11. The van der Waals surface area contributed by atoms with E-state index in [9.17, 15) is 9.90 Å². The third-order valence-corrected chi connectivity index (χ3v) is 3.97.